The van der Waals surface area contributed by atoms with Crippen LogP contribution >= 0.6 is 0 Å². The van der Waals surface area contributed by atoms with Crippen molar-refractivity contribution < 1.29 is 23.4 Å². The summed E-state index contributed by atoms with van der Waals surface area (Å²) in [4.78, 5) is 10.7. The molecular formula is C24H22F2O3. The van der Waals surface area contributed by atoms with Gasteiger partial charge in [0, 0.05) is 0 Å². The number of hydrogen-bond acceptors (Lipinski definition) is 2. The Morgan fingerprint density at radius 2 is 1.76 bits per heavy atom. The fourth-order valence-corrected chi connectivity index (χ4v) is 3.42. The summed E-state index contributed by atoms with van der Waals surface area (Å²) in [5.41, 5.74) is 4.86. The van der Waals surface area contributed by atoms with Gasteiger partial charge in [0.05, 0.1) is 0 Å². The molecule has 3 rings (SSSR count). The largest absolute Gasteiger partial charge is 0.482 e. The molecule has 3 nitrogen and oxygen atoms in total. The van der Waals surface area contributed by atoms with E-state index in [-0.39, 0.29) is 11.6 Å². The number of rotatable bonds is 7. The lowest BCUT2D eigenvalue weighted by molar-refractivity contribution is -0.139. The molecule has 0 spiro atoms. The van der Waals surface area contributed by atoms with Crippen molar-refractivity contribution in [3.8, 4) is 16.9 Å². The number of ether oxygens (including phenoxy) is 1. The minimum atomic E-state index is -1.08. The van der Waals surface area contributed by atoms with Gasteiger partial charge in [0.2, 0.25) is 0 Å². The van der Waals surface area contributed by atoms with Crippen LogP contribution in [0.25, 0.3) is 11.1 Å². The zero-order valence-corrected chi connectivity index (χ0v) is 16.3. The van der Waals surface area contributed by atoms with Crippen LogP contribution in [0, 0.1) is 25.5 Å². The van der Waals surface area contributed by atoms with Gasteiger partial charge in [-0.25, -0.2) is 13.6 Å². The summed E-state index contributed by atoms with van der Waals surface area (Å²) in [6.07, 6.45) is 1.03. The number of benzene rings is 3. The van der Waals surface area contributed by atoms with Gasteiger partial charge >= 0.3 is 5.97 Å². The summed E-state index contributed by atoms with van der Waals surface area (Å²) in [6.45, 7) is 3.23. The van der Waals surface area contributed by atoms with Gasteiger partial charge in [-0.05, 0) is 78.8 Å². The zero-order chi connectivity index (χ0) is 21.0. The predicted octanol–water partition coefficient (Wildman–Crippen LogP) is 5.50. The molecule has 0 saturated heterocycles. The van der Waals surface area contributed by atoms with Gasteiger partial charge in [0.15, 0.2) is 6.61 Å². The first-order valence-corrected chi connectivity index (χ1v) is 9.32. The van der Waals surface area contributed by atoms with E-state index in [2.05, 4.69) is 0 Å². The minimum Gasteiger partial charge on any atom is -0.482 e. The lowest BCUT2D eigenvalue weighted by Gasteiger charge is -2.14. The molecule has 29 heavy (non-hydrogen) atoms. The van der Waals surface area contributed by atoms with E-state index in [1.54, 1.807) is 13.0 Å². The van der Waals surface area contributed by atoms with Gasteiger partial charge in [0.1, 0.15) is 17.4 Å². The Bertz CT molecular complexity index is 1040. The molecule has 0 saturated carbocycles. The van der Waals surface area contributed by atoms with Gasteiger partial charge in [-0.1, -0.05) is 35.9 Å². The number of hydrogen-bond donors (Lipinski definition) is 1. The van der Waals surface area contributed by atoms with Crippen LogP contribution in [0.4, 0.5) is 8.78 Å². The summed E-state index contributed by atoms with van der Waals surface area (Å²) in [5.74, 6) is -1.35. The molecule has 0 aromatic heterocycles. The van der Waals surface area contributed by atoms with Crippen molar-refractivity contribution in [2.24, 2.45) is 0 Å². The van der Waals surface area contributed by atoms with Gasteiger partial charge < -0.3 is 9.84 Å². The lowest BCUT2D eigenvalue weighted by Crippen LogP contribution is -2.11. The number of halogens is 2. The van der Waals surface area contributed by atoms with Crippen LogP contribution in [0.5, 0.6) is 5.75 Å². The monoisotopic (exact) mass is 396 g/mol. The SMILES string of the molecule is Cc1cc(CCc2c(F)ccc(OCC(=O)O)c2C)cc(-c2cccc(F)c2)c1. The first kappa shape index (κ1) is 20.5. The van der Waals surface area contributed by atoms with E-state index in [0.717, 1.165) is 22.3 Å². The second kappa shape index (κ2) is 8.86. The third-order valence-electron chi connectivity index (χ3n) is 4.80. The standard InChI is InChI=1S/C24H22F2O3/c1-15-10-17(12-19(11-15)18-4-3-5-20(25)13-18)6-7-21-16(2)23(9-8-22(21)26)29-14-24(27)28/h3-5,8-13H,6-7,14H2,1-2H3,(H,27,28). The Balaban J connectivity index is 1.83. The molecule has 0 radical (unpaired) electrons. The quantitative estimate of drug-likeness (QED) is 0.574. The second-order valence-electron chi connectivity index (χ2n) is 7.05. The molecule has 1 N–H and O–H groups in total. The predicted molar refractivity (Wildman–Crippen MR) is 108 cm³/mol. The number of aryl methyl sites for hydroxylation is 2. The number of aliphatic carboxylic acids is 1. The Morgan fingerprint density at radius 1 is 0.966 bits per heavy atom. The van der Waals surface area contributed by atoms with Gasteiger partial charge in [-0.15, -0.1) is 0 Å². The third-order valence-corrected chi connectivity index (χ3v) is 4.80. The summed E-state index contributed by atoms with van der Waals surface area (Å²) in [7, 11) is 0. The van der Waals surface area contributed by atoms with Crippen molar-refractivity contribution in [2.75, 3.05) is 6.61 Å². The smallest absolute Gasteiger partial charge is 0.341 e. The van der Waals surface area contributed by atoms with Crippen molar-refractivity contribution in [2.45, 2.75) is 26.7 Å². The average molecular weight is 396 g/mol. The highest BCUT2D eigenvalue weighted by Gasteiger charge is 2.13. The Hall–Kier alpha value is -3.21. The Labute approximate surface area is 168 Å². The van der Waals surface area contributed by atoms with E-state index < -0.39 is 12.6 Å². The topological polar surface area (TPSA) is 46.5 Å². The Morgan fingerprint density at radius 3 is 2.48 bits per heavy atom. The van der Waals surface area contributed by atoms with Crippen LogP contribution in [0.3, 0.4) is 0 Å². The van der Waals surface area contributed by atoms with E-state index in [9.17, 15) is 13.6 Å². The molecule has 0 aliphatic carbocycles. The van der Waals surface area contributed by atoms with Crippen LogP contribution in [0.2, 0.25) is 0 Å². The number of carbonyl (C=O) groups is 1. The fraction of sp³-hybridized carbons (Fsp3) is 0.208. The maximum Gasteiger partial charge on any atom is 0.341 e. The summed E-state index contributed by atoms with van der Waals surface area (Å²) >= 11 is 0. The van der Waals surface area contributed by atoms with E-state index >= 15 is 0 Å². The van der Waals surface area contributed by atoms with Crippen molar-refractivity contribution in [1.29, 1.82) is 0 Å². The van der Waals surface area contributed by atoms with Crippen LogP contribution in [0.15, 0.2) is 54.6 Å². The maximum absolute atomic E-state index is 14.4. The first-order valence-electron chi connectivity index (χ1n) is 9.32. The van der Waals surface area contributed by atoms with Crippen molar-refractivity contribution in [3.63, 3.8) is 0 Å². The average Bonchev–Trinajstić information content (AvgIpc) is 2.66. The highest BCUT2D eigenvalue weighted by atomic mass is 19.1. The molecular weight excluding hydrogens is 374 g/mol. The Kier molecular flexibility index (Phi) is 6.27. The normalized spacial score (nSPS) is 10.8. The molecule has 5 heteroatoms. The maximum atomic E-state index is 14.4. The molecule has 0 heterocycles. The van der Waals surface area contributed by atoms with Gasteiger partial charge in [0.25, 0.3) is 0 Å². The lowest BCUT2D eigenvalue weighted by atomic mass is 9.95. The van der Waals surface area contributed by atoms with Crippen molar-refractivity contribution >= 4 is 5.97 Å². The fourth-order valence-electron chi connectivity index (χ4n) is 3.42. The van der Waals surface area contributed by atoms with Crippen LogP contribution < -0.4 is 4.74 Å². The molecule has 0 amide bonds. The van der Waals surface area contributed by atoms with Crippen LogP contribution in [0.1, 0.15) is 22.3 Å². The third kappa shape index (κ3) is 5.19. The molecule has 0 aliphatic heterocycles. The minimum absolute atomic E-state index is 0.290. The molecule has 0 aliphatic rings. The summed E-state index contributed by atoms with van der Waals surface area (Å²) in [5, 5.41) is 8.78. The first-order chi connectivity index (χ1) is 13.8. The van der Waals surface area contributed by atoms with Crippen molar-refractivity contribution in [3.05, 3.63) is 88.5 Å². The summed E-state index contributed by atoms with van der Waals surface area (Å²) < 4.78 is 33.2. The van der Waals surface area contributed by atoms with Gasteiger partial charge in [-0.3, -0.25) is 0 Å². The molecule has 0 atom stereocenters. The van der Waals surface area contributed by atoms with E-state index in [1.807, 2.05) is 31.2 Å². The van der Waals surface area contributed by atoms with E-state index in [4.69, 9.17) is 9.84 Å². The molecule has 0 bridgehead atoms. The van der Waals surface area contributed by atoms with E-state index in [0.29, 0.717) is 29.7 Å². The molecule has 3 aromatic rings. The number of carboxylic acids is 1. The summed E-state index contributed by atoms with van der Waals surface area (Å²) in [6, 6.07) is 15.2. The number of carboxylic acid groups (broad SMARTS) is 1. The zero-order valence-electron chi connectivity index (χ0n) is 16.3. The van der Waals surface area contributed by atoms with Gasteiger partial charge in [-0.2, -0.15) is 0 Å². The molecule has 0 fully saturated rings. The van der Waals surface area contributed by atoms with E-state index in [1.165, 1.54) is 24.3 Å². The van der Waals surface area contributed by atoms with Crippen molar-refractivity contribution in [1.82, 2.24) is 0 Å². The van der Waals surface area contributed by atoms with Crippen LogP contribution in [-0.2, 0) is 17.6 Å². The van der Waals surface area contributed by atoms with Crippen LogP contribution in [-0.4, -0.2) is 17.7 Å². The molecule has 150 valence electrons. The highest BCUT2D eigenvalue weighted by molar-refractivity contribution is 5.68. The highest BCUT2D eigenvalue weighted by Crippen LogP contribution is 2.27. The second-order valence-corrected chi connectivity index (χ2v) is 7.05. The molecule has 3 aromatic carbocycles. The molecule has 0 unspecified atom stereocenters.